The van der Waals surface area contributed by atoms with Gasteiger partial charge in [0.15, 0.2) is 0 Å². The normalized spacial score (nSPS) is 10.3. The van der Waals surface area contributed by atoms with Crippen molar-refractivity contribution in [3.63, 3.8) is 0 Å². The van der Waals surface area contributed by atoms with Crippen LogP contribution < -0.4 is 0 Å². The van der Waals surface area contributed by atoms with Crippen LogP contribution in [-0.2, 0) is 6.54 Å². The summed E-state index contributed by atoms with van der Waals surface area (Å²) in [5.41, 5.74) is 0.607. The average Bonchev–Trinajstić information content (AvgIpc) is 2.88. The third-order valence-electron chi connectivity index (χ3n) is 2.59. The Morgan fingerprint density at radius 1 is 1.44 bits per heavy atom. The predicted molar refractivity (Wildman–Crippen MR) is 76.7 cm³/mol. The third kappa shape index (κ3) is 2.97. The maximum atomic E-state index is 12.4. The second-order valence-electron chi connectivity index (χ2n) is 3.74. The summed E-state index contributed by atoms with van der Waals surface area (Å²) in [5.74, 6) is 0.00544. The molecule has 0 unspecified atom stereocenters. The van der Waals surface area contributed by atoms with Crippen LogP contribution in [0.3, 0.4) is 0 Å². The number of pyridine rings is 1. The van der Waals surface area contributed by atoms with Crippen LogP contribution in [0.25, 0.3) is 0 Å². The van der Waals surface area contributed by atoms with Crippen molar-refractivity contribution in [1.29, 1.82) is 0 Å². The van der Waals surface area contributed by atoms with E-state index in [4.69, 9.17) is 0 Å². The first-order valence-electron chi connectivity index (χ1n) is 5.64. The van der Waals surface area contributed by atoms with Crippen LogP contribution >= 0.6 is 27.3 Å². The van der Waals surface area contributed by atoms with Gasteiger partial charge in [-0.2, -0.15) is 0 Å². The van der Waals surface area contributed by atoms with Crippen molar-refractivity contribution in [1.82, 2.24) is 9.88 Å². The first-order valence-corrected chi connectivity index (χ1v) is 7.31. The van der Waals surface area contributed by atoms with Crippen molar-refractivity contribution in [2.75, 3.05) is 6.54 Å². The van der Waals surface area contributed by atoms with Crippen molar-refractivity contribution >= 4 is 33.2 Å². The first-order chi connectivity index (χ1) is 8.72. The van der Waals surface area contributed by atoms with Gasteiger partial charge in [0, 0.05) is 17.6 Å². The van der Waals surface area contributed by atoms with E-state index in [1.807, 2.05) is 29.3 Å². The predicted octanol–water partition coefficient (Wildman–Crippen LogP) is 3.57. The average molecular weight is 325 g/mol. The molecule has 0 spiro atoms. The molecule has 1 amide bonds. The zero-order valence-corrected chi connectivity index (χ0v) is 12.4. The highest BCUT2D eigenvalue weighted by molar-refractivity contribution is 9.10. The van der Waals surface area contributed by atoms with Crippen molar-refractivity contribution in [2.24, 2.45) is 0 Å². The molecule has 2 heterocycles. The van der Waals surface area contributed by atoms with Gasteiger partial charge in [-0.05, 0) is 46.4 Å². The van der Waals surface area contributed by atoms with Crippen molar-refractivity contribution in [3.8, 4) is 0 Å². The fourth-order valence-corrected chi connectivity index (χ4v) is 2.77. The number of thiophene rings is 1. The highest BCUT2D eigenvalue weighted by Gasteiger charge is 2.17. The van der Waals surface area contributed by atoms with Crippen molar-refractivity contribution in [2.45, 2.75) is 13.5 Å². The van der Waals surface area contributed by atoms with Crippen molar-refractivity contribution < 1.29 is 4.79 Å². The largest absolute Gasteiger partial charge is 0.334 e. The van der Waals surface area contributed by atoms with Crippen LogP contribution in [0.1, 0.15) is 22.2 Å². The van der Waals surface area contributed by atoms with Crippen LogP contribution in [0, 0.1) is 0 Å². The van der Waals surface area contributed by atoms with Gasteiger partial charge < -0.3 is 4.90 Å². The fourth-order valence-electron chi connectivity index (χ4n) is 1.63. The van der Waals surface area contributed by atoms with E-state index in [1.54, 1.807) is 29.7 Å². The lowest BCUT2D eigenvalue weighted by atomic mass is 10.2. The van der Waals surface area contributed by atoms with Gasteiger partial charge in [-0.1, -0.05) is 6.07 Å². The molecular weight excluding hydrogens is 312 g/mol. The highest BCUT2D eigenvalue weighted by atomic mass is 79.9. The number of halogens is 1. The van der Waals surface area contributed by atoms with Gasteiger partial charge in [0.2, 0.25) is 0 Å². The lowest BCUT2D eigenvalue weighted by molar-refractivity contribution is 0.0753. The monoisotopic (exact) mass is 324 g/mol. The van der Waals surface area contributed by atoms with E-state index in [2.05, 4.69) is 20.9 Å². The van der Waals surface area contributed by atoms with E-state index < -0.39 is 0 Å². The Morgan fingerprint density at radius 3 is 2.89 bits per heavy atom. The summed E-state index contributed by atoms with van der Waals surface area (Å²) in [6, 6.07) is 7.60. The molecule has 0 aliphatic carbocycles. The molecular formula is C13H13BrN2OS. The number of amides is 1. The SMILES string of the molecule is CCN(Cc1cccs1)C(=O)c1cccnc1Br. The second-order valence-corrected chi connectivity index (χ2v) is 5.52. The quantitative estimate of drug-likeness (QED) is 0.805. The number of hydrogen-bond acceptors (Lipinski definition) is 3. The molecule has 3 nitrogen and oxygen atoms in total. The number of carbonyl (C=O) groups is 1. The van der Waals surface area contributed by atoms with Crippen molar-refractivity contribution in [3.05, 3.63) is 50.9 Å². The lowest BCUT2D eigenvalue weighted by Crippen LogP contribution is -2.30. The van der Waals surface area contributed by atoms with E-state index in [-0.39, 0.29) is 5.91 Å². The van der Waals surface area contributed by atoms with E-state index in [1.165, 1.54) is 4.88 Å². The Bertz CT molecular complexity index is 528. The third-order valence-corrected chi connectivity index (χ3v) is 4.08. The Hall–Kier alpha value is -1.20. The number of rotatable bonds is 4. The Morgan fingerprint density at radius 2 is 2.28 bits per heavy atom. The summed E-state index contributed by atoms with van der Waals surface area (Å²) in [5, 5.41) is 2.02. The molecule has 2 aromatic rings. The molecule has 0 aliphatic heterocycles. The Balaban J connectivity index is 2.18. The smallest absolute Gasteiger partial charge is 0.256 e. The molecule has 0 radical (unpaired) electrons. The summed E-state index contributed by atoms with van der Waals surface area (Å²) in [4.78, 5) is 19.5. The first kappa shape index (κ1) is 13.2. The molecule has 0 atom stereocenters. The highest BCUT2D eigenvalue weighted by Crippen LogP contribution is 2.18. The number of carbonyl (C=O) groups excluding carboxylic acids is 1. The molecule has 2 aromatic heterocycles. The molecule has 94 valence electrons. The summed E-state index contributed by atoms with van der Waals surface area (Å²) < 4.78 is 0.597. The van der Waals surface area contributed by atoms with Crippen LogP contribution in [0.15, 0.2) is 40.4 Å². The fraction of sp³-hybridized carbons (Fsp3) is 0.231. The molecule has 0 bridgehead atoms. The van der Waals surface area contributed by atoms with Gasteiger partial charge in [0.1, 0.15) is 4.60 Å². The van der Waals surface area contributed by atoms with E-state index in [9.17, 15) is 4.79 Å². The minimum absolute atomic E-state index is 0.00544. The van der Waals surface area contributed by atoms with Crippen LogP contribution in [-0.4, -0.2) is 22.3 Å². The van der Waals surface area contributed by atoms with Gasteiger partial charge in [-0.3, -0.25) is 4.79 Å². The van der Waals surface area contributed by atoms with E-state index in [0.29, 0.717) is 23.3 Å². The van der Waals surface area contributed by atoms with Crippen LogP contribution in [0.4, 0.5) is 0 Å². The summed E-state index contributed by atoms with van der Waals surface area (Å²) in [7, 11) is 0. The number of hydrogen-bond donors (Lipinski definition) is 0. The van der Waals surface area contributed by atoms with Gasteiger partial charge in [0.05, 0.1) is 12.1 Å². The number of aromatic nitrogens is 1. The zero-order valence-electron chi connectivity index (χ0n) is 9.97. The van der Waals surface area contributed by atoms with Crippen LogP contribution in [0.2, 0.25) is 0 Å². The summed E-state index contributed by atoms with van der Waals surface area (Å²) in [6.07, 6.45) is 1.66. The molecule has 0 saturated carbocycles. The minimum Gasteiger partial charge on any atom is -0.334 e. The number of nitrogens with zero attached hydrogens (tertiary/aromatic N) is 2. The molecule has 2 rings (SSSR count). The van der Waals surface area contributed by atoms with Gasteiger partial charge in [-0.15, -0.1) is 11.3 Å². The molecule has 18 heavy (non-hydrogen) atoms. The molecule has 0 aliphatic rings. The lowest BCUT2D eigenvalue weighted by Gasteiger charge is -2.20. The van der Waals surface area contributed by atoms with Gasteiger partial charge in [-0.25, -0.2) is 4.98 Å². The molecule has 5 heteroatoms. The molecule has 0 N–H and O–H groups in total. The zero-order chi connectivity index (χ0) is 13.0. The Labute approximate surface area is 119 Å². The topological polar surface area (TPSA) is 33.2 Å². The minimum atomic E-state index is 0.00544. The van der Waals surface area contributed by atoms with E-state index >= 15 is 0 Å². The molecule has 0 saturated heterocycles. The maximum absolute atomic E-state index is 12.4. The molecule has 0 fully saturated rings. The van der Waals surface area contributed by atoms with Crippen LogP contribution in [0.5, 0.6) is 0 Å². The molecule has 0 aromatic carbocycles. The second kappa shape index (κ2) is 6.11. The van der Waals surface area contributed by atoms with Gasteiger partial charge in [0.25, 0.3) is 5.91 Å². The maximum Gasteiger partial charge on any atom is 0.256 e. The van der Waals surface area contributed by atoms with E-state index in [0.717, 1.165) is 0 Å². The Kier molecular flexibility index (Phi) is 4.49. The summed E-state index contributed by atoms with van der Waals surface area (Å²) in [6.45, 7) is 3.31. The standard InChI is InChI=1S/C13H13BrN2OS/c1-2-16(9-10-5-4-8-18-10)13(17)11-6-3-7-15-12(11)14/h3-8H,2,9H2,1H3. The summed E-state index contributed by atoms with van der Waals surface area (Å²) >= 11 is 4.98. The van der Waals surface area contributed by atoms with Gasteiger partial charge >= 0.3 is 0 Å².